The van der Waals surface area contributed by atoms with Gasteiger partial charge in [-0.15, -0.1) is 0 Å². The van der Waals surface area contributed by atoms with Crippen LogP contribution in [0.5, 0.6) is 0 Å². The quantitative estimate of drug-likeness (QED) is 0.401. The summed E-state index contributed by atoms with van der Waals surface area (Å²) < 4.78 is 1.89. The molecule has 30 heavy (non-hydrogen) atoms. The van der Waals surface area contributed by atoms with E-state index in [4.69, 9.17) is 23.2 Å². The molecule has 0 aliphatic carbocycles. The Balaban J connectivity index is 1.54. The van der Waals surface area contributed by atoms with E-state index >= 15 is 0 Å². The number of fused-ring (bicyclic) bond motifs is 3. The lowest BCUT2D eigenvalue weighted by molar-refractivity contribution is 0.275. The van der Waals surface area contributed by atoms with E-state index in [1.165, 1.54) is 0 Å². The lowest BCUT2D eigenvalue weighted by Gasteiger charge is -2.14. The van der Waals surface area contributed by atoms with Gasteiger partial charge in [0.1, 0.15) is 0 Å². The van der Waals surface area contributed by atoms with E-state index in [1.807, 2.05) is 65.2 Å². The molecular formula is C25H20Cl2N2O. The standard InChI is InChI=1S/C25H20Cl2N2O/c26-19-10-8-17(9-11-19)14-29-24-7-2-1-6-21(24)22-15-28(16-23(22)25(29)30)13-18-4-3-5-20(27)12-18/h1-12H,13-16H2. The summed E-state index contributed by atoms with van der Waals surface area (Å²) >= 11 is 12.2. The molecule has 4 aromatic rings. The van der Waals surface area contributed by atoms with Crippen molar-refractivity contribution < 1.29 is 0 Å². The molecule has 150 valence electrons. The number of pyridine rings is 1. The van der Waals surface area contributed by atoms with E-state index in [-0.39, 0.29) is 5.56 Å². The van der Waals surface area contributed by atoms with Crippen LogP contribution >= 0.6 is 23.2 Å². The van der Waals surface area contributed by atoms with Crippen molar-refractivity contribution in [2.75, 3.05) is 0 Å². The highest BCUT2D eigenvalue weighted by Gasteiger charge is 2.26. The van der Waals surface area contributed by atoms with E-state index in [1.54, 1.807) is 0 Å². The Morgan fingerprint density at radius 1 is 0.733 bits per heavy atom. The van der Waals surface area contributed by atoms with Crippen molar-refractivity contribution in [3.63, 3.8) is 0 Å². The number of aromatic nitrogens is 1. The van der Waals surface area contributed by atoms with Gasteiger partial charge in [-0.25, -0.2) is 0 Å². The minimum atomic E-state index is 0.0900. The molecule has 3 nitrogen and oxygen atoms in total. The van der Waals surface area contributed by atoms with Crippen molar-refractivity contribution in [3.8, 4) is 0 Å². The fourth-order valence-corrected chi connectivity index (χ4v) is 4.65. The molecule has 1 aliphatic rings. The highest BCUT2D eigenvalue weighted by atomic mass is 35.5. The first kappa shape index (κ1) is 19.4. The normalized spacial score (nSPS) is 13.7. The number of hydrogen-bond donors (Lipinski definition) is 0. The maximum atomic E-state index is 13.5. The number of halogens is 2. The molecule has 0 N–H and O–H groups in total. The summed E-state index contributed by atoms with van der Waals surface area (Å²) in [6.07, 6.45) is 0. The van der Waals surface area contributed by atoms with Gasteiger partial charge in [-0.3, -0.25) is 9.69 Å². The molecule has 0 atom stereocenters. The Hall–Kier alpha value is -2.59. The Kier molecular flexibility index (Phi) is 5.11. The SMILES string of the molecule is O=c1c2c(c3ccccc3n1Cc1ccc(Cl)cc1)CN(Cc1cccc(Cl)c1)C2. The van der Waals surface area contributed by atoms with Gasteiger partial charge in [0.05, 0.1) is 12.1 Å². The second-order valence-electron chi connectivity index (χ2n) is 7.77. The molecule has 0 bridgehead atoms. The summed E-state index contributed by atoms with van der Waals surface area (Å²) in [6.45, 7) is 2.70. The van der Waals surface area contributed by atoms with Crippen molar-refractivity contribution in [2.24, 2.45) is 0 Å². The molecule has 1 aliphatic heterocycles. The maximum absolute atomic E-state index is 13.5. The van der Waals surface area contributed by atoms with Gasteiger partial charge in [-0.2, -0.15) is 0 Å². The molecule has 0 saturated carbocycles. The fraction of sp³-hybridized carbons (Fsp3) is 0.160. The zero-order valence-electron chi connectivity index (χ0n) is 16.3. The molecule has 0 radical (unpaired) electrons. The average Bonchev–Trinajstić information content (AvgIpc) is 3.17. The van der Waals surface area contributed by atoms with Gasteiger partial charge >= 0.3 is 0 Å². The summed E-state index contributed by atoms with van der Waals surface area (Å²) in [7, 11) is 0. The monoisotopic (exact) mass is 434 g/mol. The molecule has 0 fully saturated rings. The van der Waals surface area contributed by atoms with E-state index in [9.17, 15) is 4.79 Å². The van der Waals surface area contributed by atoms with Crippen molar-refractivity contribution in [1.82, 2.24) is 9.47 Å². The lowest BCUT2D eigenvalue weighted by atomic mass is 10.0. The molecule has 0 spiro atoms. The molecular weight excluding hydrogens is 415 g/mol. The zero-order chi connectivity index (χ0) is 20.7. The van der Waals surface area contributed by atoms with Crippen LogP contribution in [0, 0.1) is 0 Å². The van der Waals surface area contributed by atoms with Crippen molar-refractivity contribution in [3.05, 3.63) is 115 Å². The third-order valence-electron chi connectivity index (χ3n) is 5.70. The van der Waals surface area contributed by atoms with Crippen molar-refractivity contribution in [2.45, 2.75) is 26.2 Å². The van der Waals surface area contributed by atoms with Gasteiger partial charge in [-0.1, -0.05) is 65.7 Å². The van der Waals surface area contributed by atoms with Crippen LogP contribution in [0.3, 0.4) is 0 Å². The van der Waals surface area contributed by atoms with E-state index in [0.29, 0.717) is 18.1 Å². The van der Waals surface area contributed by atoms with Gasteiger partial charge in [0.25, 0.3) is 5.56 Å². The molecule has 2 heterocycles. The second kappa shape index (κ2) is 7.92. The summed E-state index contributed by atoms with van der Waals surface area (Å²) in [5.41, 5.74) is 5.31. The van der Waals surface area contributed by atoms with Crippen LogP contribution in [0.1, 0.15) is 22.3 Å². The van der Waals surface area contributed by atoms with Crippen molar-refractivity contribution >= 4 is 34.1 Å². The average molecular weight is 435 g/mol. The van der Waals surface area contributed by atoms with Crippen LogP contribution < -0.4 is 5.56 Å². The Morgan fingerprint density at radius 3 is 2.30 bits per heavy atom. The topological polar surface area (TPSA) is 25.2 Å². The molecule has 3 aromatic carbocycles. The zero-order valence-corrected chi connectivity index (χ0v) is 17.8. The molecule has 0 saturated heterocycles. The van der Waals surface area contributed by atoms with Crippen LogP contribution in [0.15, 0.2) is 77.6 Å². The number of nitrogens with zero attached hydrogens (tertiary/aromatic N) is 2. The largest absolute Gasteiger partial charge is 0.304 e. The summed E-state index contributed by atoms with van der Waals surface area (Å²) in [6, 6.07) is 23.8. The van der Waals surface area contributed by atoms with Gasteiger partial charge in [0.2, 0.25) is 0 Å². The predicted molar refractivity (Wildman–Crippen MR) is 123 cm³/mol. The Bertz CT molecular complexity index is 1300. The third kappa shape index (κ3) is 3.65. The number of hydrogen-bond acceptors (Lipinski definition) is 2. The van der Waals surface area contributed by atoms with Gasteiger partial charge < -0.3 is 4.57 Å². The summed E-state index contributed by atoms with van der Waals surface area (Å²) in [4.78, 5) is 15.8. The van der Waals surface area contributed by atoms with Gasteiger partial charge in [-0.05, 0) is 47.0 Å². The Labute approximate surface area is 185 Å². The molecule has 0 amide bonds. The first-order chi connectivity index (χ1) is 14.6. The smallest absolute Gasteiger partial charge is 0.256 e. The first-order valence-electron chi connectivity index (χ1n) is 9.93. The molecule has 1 aromatic heterocycles. The minimum Gasteiger partial charge on any atom is -0.304 e. The molecule has 5 rings (SSSR count). The van der Waals surface area contributed by atoms with Crippen molar-refractivity contribution in [1.29, 1.82) is 0 Å². The second-order valence-corrected chi connectivity index (χ2v) is 8.64. The molecule has 0 unspecified atom stereocenters. The van der Waals surface area contributed by atoms with E-state index < -0.39 is 0 Å². The summed E-state index contributed by atoms with van der Waals surface area (Å²) in [5, 5.41) is 2.58. The highest BCUT2D eigenvalue weighted by molar-refractivity contribution is 6.30. The van der Waals surface area contributed by atoms with Crippen LogP contribution in [-0.2, 0) is 26.2 Å². The first-order valence-corrected chi connectivity index (χ1v) is 10.7. The van der Waals surface area contributed by atoms with E-state index in [2.05, 4.69) is 17.0 Å². The number of rotatable bonds is 4. The summed E-state index contributed by atoms with van der Waals surface area (Å²) in [5.74, 6) is 0. The minimum absolute atomic E-state index is 0.0900. The lowest BCUT2D eigenvalue weighted by Crippen LogP contribution is -2.25. The Morgan fingerprint density at radius 2 is 1.50 bits per heavy atom. The van der Waals surface area contributed by atoms with Gasteiger partial charge in [0.15, 0.2) is 0 Å². The van der Waals surface area contributed by atoms with Gasteiger partial charge in [0, 0.05) is 40.6 Å². The van der Waals surface area contributed by atoms with Crippen LogP contribution in [-0.4, -0.2) is 9.47 Å². The predicted octanol–water partition coefficient (Wildman–Crippen LogP) is 5.87. The van der Waals surface area contributed by atoms with Crippen LogP contribution in [0.25, 0.3) is 10.9 Å². The van der Waals surface area contributed by atoms with Crippen LogP contribution in [0.4, 0.5) is 0 Å². The van der Waals surface area contributed by atoms with E-state index in [0.717, 1.165) is 51.3 Å². The number of para-hydroxylation sites is 1. The highest BCUT2D eigenvalue weighted by Crippen LogP contribution is 2.29. The van der Waals surface area contributed by atoms with Crippen LogP contribution in [0.2, 0.25) is 10.0 Å². The maximum Gasteiger partial charge on any atom is 0.256 e. The third-order valence-corrected chi connectivity index (χ3v) is 6.19. The fourth-order valence-electron chi connectivity index (χ4n) is 4.31. The molecule has 5 heteroatoms. The number of benzene rings is 3.